The van der Waals surface area contributed by atoms with Gasteiger partial charge in [-0.3, -0.25) is 0 Å². The van der Waals surface area contributed by atoms with E-state index < -0.39 is 23.4 Å². The first-order chi connectivity index (χ1) is 16.8. The predicted octanol–water partition coefficient (Wildman–Crippen LogP) is 7.22. The molecule has 2 aromatic heterocycles. The monoisotopic (exact) mass is 518 g/mol. The summed E-state index contributed by atoms with van der Waals surface area (Å²) < 4.78 is 45.8. The van der Waals surface area contributed by atoms with Crippen LogP contribution in [0.2, 0.25) is 0 Å². The number of ether oxygens (including phenoxy) is 1. The minimum Gasteiger partial charge on any atom is -0.444 e. The summed E-state index contributed by atoms with van der Waals surface area (Å²) >= 11 is 1.53. The number of alkyl halides is 3. The smallest absolute Gasteiger partial charge is 0.416 e. The fraction of sp³-hybridized carbons (Fsp3) is 0.423. The molecule has 0 radical (unpaired) electrons. The van der Waals surface area contributed by atoms with E-state index in [0.717, 1.165) is 32.8 Å². The number of halogens is 3. The fourth-order valence-electron chi connectivity index (χ4n) is 3.96. The molecule has 10 heteroatoms. The molecule has 192 valence electrons. The molecule has 0 saturated carbocycles. The number of nitrogens with zero attached hydrogens (tertiary/aromatic N) is 3. The van der Waals surface area contributed by atoms with Crippen LogP contribution in [0.15, 0.2) is 36.4 Å². The third-order valence-corrected chi connectivity index (χ3v) is 6.93. The lowest BCUT2D eigenvalue weighted by molar-refractivity contribution is -0.137. The van der Waals surface area contributed by atoms with Crippen molar-refractivity contribution in [2.45, 2.75) is 58.9 Å². The van der Waals surface area contributed by atoms with Crippen molar-refractivity contribution >= 4 is 39.0 Å². The topological polar surface area (TPSA) is 67.4 Å². The Morgan fingerprint density at radius 2 is 1.94 bits per heavy atom. The first-order valence-electron chi connectivity index (χ1n) is 11.7. The highest BCUT2D eigenvalue weighted by Crippen LogP contribution is 2.37. The number of rotatable bonds is 4. The predicted molar refractivity (Wildman–Crippen MR) is 136 cm³/mol. The molecule has 1 aliphatic rings. The maximum atomic E-state index is 13.2. The molecule has 3 heterocycles. The van der Waals surface area contributed by atoms with Crippen LogP contribution in [0.4, 0.5) is 23.8 Å². The van der Waals surface area contributed by atoms with Crippen molar-refractivity contribution in [1.82, 2.24) is 14.9 Å². The Balaban J connectivity index is 1.56. The Hall–Kier alpha value is -3.14. The highest BCUT2D eigenvalue weighted by Gasteiger charge is 2.31. The van der Waals surface area contributed by atoms with Gasteiger partial charge in [0.25, 0.3) is 0 Å². The zero-order valence-electron chi connectivity index (χ0n) is 20.9. The molecule has 3 aromatic rings. The van der Waals surface area contributed by atoms with Crippen molar-refractivity contribution in [1.29, 1.82) is 0 Å². The zero-order chi connectivity index (χ0) is 26.3. The summed E-state index contributed by atoms with van der Waals surface area (Å²) in [6, 6.07) is 6.91. The number of anilines is 1. The average molecular weight is 519 g/mol. The van der Waals surface area contributed by atoms with Crippen LogP contribution in [0.3, 0.4) is 0 Å². The van der Waals surface area contributed by atoms with Crippen molar-refractivity contribution in [3.63, 3.8) is 0 Å². The van der Waals surface area contributed by atoms with Crippen LogP contribution < -0.4 is 5.32 Å². The molecule has 0 unspecified atom stereocenters. The summed E-state index contributed by atoms with van der Waals surface area (Å²) in [5.74, 6) is 1.16. The van der Waals surface area contributed by atoms with Crippen molar-refractivity contribution in [2.75, 3.05) is 18.4 Å². The second-order valence-corrected chi connectivity index (χ2v) is 10.9. The lowest BCUT2D eigenvalue weighted by Gasteiger charge is -2.29. The fourth-order valence-corrected chi connectivity index (χ4v) is 5.08. The molecular formula is C26H29F3N4O2S. The van der Waals surface area contributed by atoms with Crippen molar-refractivity contribution in [3.8, 4) is 0 Å². The third kappa shape index (κ3) is 5.98. The molecular weight excluding hydrogens is 489 g/mol. The first-order valence-corrected chi connectivity index (χ1v) is 12.5. The van der Waals surface area contributed by atoms with Gasteiger partial charge < -0.3 is 15.0 Å². The molecule has 1 amide bonds. The van der Waals surface area contributed by atoms with Gasteiger partial charge in [-0.05, 0) is 70.4 Å². The van der Waals surface area contributed by atoms with Crippen LogP contribution in [0, 0.1) is 6.92 Å². The Kier molecular flexibility index (Phi) is 7.01. The Bertz CT molecular complexity index is 1310. The normalized spacial score (nSPS) is 15.6. The van der Waals surface area contributed by atoms with E-state index in [1.54, 1.807) is 17.9 Å². The number of hydrogen-bond acceptors (Lipinski definition) is 6. The number of carbonyl (C=O) groups excluding carboxylic acids is 1. The molecule has 0 fully saturated rings. The van der Waals surface area contributed by atoms with Crippen LogP contribution in [-0.2, 0) is 10.9 Å². The van der Waals surface area contributed by atoms with Gasteiger partial charge in [0.1, 0.15) is 17.2 Å². The summed E-state index contributed by atoms with van der Waals surface area (Å²) in [6.07, 6.45) is -2.02. The number of hydrogen-bond donors (Lipinski definition) is 1. The van der Waals surface area contributed by atoms with Gasteiger partial charge in [0.15, 0.2) is 0 Å². The Labute approximate surface area is 212 Å². The second kappa shape index (κ2) is 9.72. The van der Waals surface area contributed by atoms with Gasteiger partial charge in [-0.1, -0.05) is 18.2 Å². The van der Waals surface area contributed by atoms with E-state index in [4.69, 9.17) is 4.74 Å². The van der Waals surface area contributed by atoms with Gasteiger partial charge >= 0.3 is 12.3 Å². The first kappa shape index (κ1) is 25.9. The van der Waals surface area contributed by atoms with Gasteiger partial charge in [0.2, 0.25) is 0 Å². The highest BCUT2D eigenvalue weighted by atomic mass is 32.1. The standard InChI is InChI=1S/C26H29F3N4O2S/c1-15(18-7-6-8-19(13-18)26(27,28)29)30-23-22-20(31-16(2)32-23)14-21(36-22)17-9-11-33(12-10-17)24(34)35-25(3,4)5/h6-9,13-15H,10-12H2,1-5H3,(H,30,31,32)/t15-/m1/s1. The molecule has 0 bridgehead atoms. The van der Waals surface area contributed by atoms with E-state index in [-0.39, 0.29) is 6.09 Å². The van der Waals surface area contributed by atoms with Crippen LogP contribution in [0.1, 0.15) is 62.0 Å². The second-order valence-electron chi connectivity index (χ2n) is 9.84. The summed E-state index contributed by atoms with van der Waals surface area (Å²) in [4.78, 5) is 24.2. The van der Waals surface area contributed by atoms with Crippen LogP contribution >= 0.6 is 11.3 Å². The number of fused-ring (bicyclic) bond motifs is 1. The van der Waals surface area contributed by atoms with Gasteiger partial charge in [0, 0.05) is 18.0 Å². The summed E-state index contributed by atoms with van der Waals surface area (Å²) in [5, 5.41) is 3.28. The number of aromatic nitrogens is 2. The molecule has 0 saturated heterocycles. The van der Waals surface area contributed by atoms with Gasteiger partial charge in [-0.25, -0.2) is 14.8 Å². The molecule has 1 aromatic carbocycles. The number of amides is 1. The number of carbonyl (C=O) groups is 1. The molecule has 1 atom stereocenters. The number of nitrogens with one attached hydrogen (secondary N) is 1. The van der Waals surface area contributed by atoms with Crippen LogP contribution in [0.25, 0.3) is 15.8 Å². The minimum absolute atomic E-state index is 0.328. The van der Waals surface area contributed by atoms with E-state index in [9.17, 15) is 18.0 Å². The summed E-state index contributed by atoms with van der Waals surface area (Å²) in [7, 11) is 0. The summed E-state index contributed by atoms with van der Waals surface area (Å²) in [5.41, 5.74) is 1.19. The zero-order valence-corrected chi connectivity index (χ0v) is 21.7. The molecule has 1 N–H and O–H groups in total. The highest BCUT2D eigenvalue weighted by molar-refractivity contribution is 7.20. The lowest BCUT2D eigenvalue weighted by atomic mass is 10.0. The summed E-state index contributed by atoms with van der Waals surface area (Å²) in [6.45, 7) is 10.1. The number of thiophene rings is 1. The molecule has 0 spiro atoms. The van der Waals surface area contributed by atoms with Crippen LogP contribution in [-0.4, -0.2) is 39.7 Å². The van der Waals surface area contributed by atoms with Gasteiger partial charge in [-0.15, -0.1) is 11.3 Å². The van der Waals surface area contributed by atoms with E-state index >= 15 is 0 Å². The van der Waals surface area contributed by atoms with E-state index in [2.05, 4.69) is 15.3 Å². The van der Waals surface area contributed by atoms with Gasteiger partial charge in [-0.2, -0.15) is 13.2 Å². The molecule has 4 rings (SSSR count). The molecule has 1 aliphatic heterocycles. The number of aryl methyl sites for hydroxylation is 1. The van der Waals surface area contributed by atoms with Crippen molar-refractivity contribution < 1.29 is 22.7 Å². The lowest BCUT2D eigenvalue weighted by Crippen LogP contribution is -2.39. The molecule has 36 heavy (non-hydrogen) atoms. The van der Waals surface area contributed by atoms with Gasteiger partial charge in [0.05, 0.1) is 21.8 Å². The Morgan fingerprint density at radius 3 is 2.58 bits per heavy atom. The Morgan fingerprint density at radius 1 is 1.19 bits per heavy atom. The molecule has 6 nitrogen and oxygen atoms in total. The van der Waals surface area contributed by atoms with Crippen molar-refractivity contribution in [3.05, 3.63) is 58.2 Å². The maximum Gasteiger partial charge on any atom is 0.416 e. The van der Waals surface area contributed by atoms with E-state index in [1.807, 2.05) is 39.8 Å². The minimum atomic E-state index is -4.40. The quantitative estimate of drug-likeness (QED) is 0.395. The maximum absolute atomic E-state index is 13.2. The van der Waals surface area contributed by atoms with Crippen molar-refractivity contribution in [2.24, 2.45) is 0 Å². The van der Waals surface area contributed by atoms with E-state index in [0.29, 0.717) is 36.7 Å². The SMILES string of the molecule is Cc1nc(N[C@H](C)c2cccc(C(F)(F)F)c2)c2sc(C3=CCN(C(=O)OC(C)(C)C)CC3)cc2n1. The largest absolute Gasteiger partial charge is 0.444 e. The third-order valence-electron chi connectivity index (χ3n) is 5.73. The van der Waals surface area contributed by atoms with Crippen LogP contribution in [0.5, 0.6) is 0 Å². The number of benzene rings is 1. The van der Waals surface area contributed by atoms with E-state index in [1.165, 1.54) is 17.4 Å². The average Bonchev–Trinajstić information content (AvgIpc) is 3.22. The molecule has 0 aliphatic carbocycles.